The number of amides is 2. The lowest BCUT2D eigenvalue weighted by Gasteiger charge is -2.21. The van der Waals surface area contributed by atoms with Crippen LogP contribution in [-0.4, -0.2) is 53.8 Å². The molecule has 3 rings (SSSR count). The van der Waals surface area contributed by atoms with E-state index in [2.05, 4.69) is 30.7 Å². The Morgan fingerprint density at radius 3 is 2.29 bits per heavy atom. The minimum atomic E-state index is -3.77. The number of sulfonamides is 1. The van der Waals surface area contributed by atoms with Crippen LogP contribution in [-0.2, 0) is 15.4 Å². The van der Waals surface area contributed by atoms with Gasteiger partial charge in [0, 0.05) is 12.1 Å². The third-order valence-corrected chi connectivity index (χ3v) is 7.08. The number of hydrogen-bond donors (Lipinski definition) is 3. The Hall–Kier alpha value is -3.64. The number of aromatic nitrogens is 4. The van der Waals surface area contributed by atoms with Crippen LogP contribution in [0.1, 0.15) is 73.6 Å². The third-order valence-electron chi connectivity index (χ3n) is 5.68. The monoisotopic (exact) mass is 541 g/mol. The normalized spacial score (nSPS) is 12.3. The summed E-state index contributed by atoms with van der Waals surface area (Å²) in [5.41, 5.74) is 2.05. The van der Waals surface area contributed by atoms with Crippen LogP contribution in [0, 0.1) is 12.3 Å². The van der Waals surface area contributed by atoms with E-state index in [0.29, 0.717) is 29.2 Å². The molecule has 38 heavy (non-hydrogen) atoms. The van der Waals surface area contributed by atoms with Gasteiger partial charge in [0.25, 0.3) is 11.8 Å². The highest BCUT2D eigenvalue weighted by molar-refractivity contribution is 7.89. The van der Waals surface area contributed by atoms with Crippen LogP contribution >= 0.6 is 0 Å². The van der Waals surface area contributed by atoms with Gasteiger partial charge in [-0.1, -0.05) is 46.8 Å². The minimum absolute atomic E-state index is 0.000164. The van der Waals surface area contributed by atoms with E-state index in [9.17, 15) is 18.0 Å². The van der Waals surface area contributed by atoms with Gasteiger partial charge in [-0.3, -0.25) is 14.6 Å². The summed E-state index contributed by atoms with van der Waals surface area (Å²) < 4.78 is 28.7. The number of nitrogens with zero attached hydrogens (tertiary/aromatic N) is 4. The number of rotatable bonds is 7. The van der Waals surface area contributed by atoms with E-state index in [1.807, 2.05) is 41.5 Å². The molecule has 0 fully saturated rings. The highest BCUT2D eigenvalue weighted by atomic mass is 32.2. The zero-order valence-corrected chi connectivity index (χ0v) is 23.8. The molecule has 3 N–H and O–H groups in total. The van der Waals surface area contributed by atoms with Crippen molar-refractivity contribution >= 4 is 27.5 Å². The van der Waals surface area contributed by atoms with Crippen LogP contribution in [0.2, 0.25) is 0 Å². The molecule has 3 aromatic rings. The number of anilines is 1. The summed E-state index contributed by atoms with van der Waals surface area (Å²) in [6.07, 6.45) is 2.98. The van der Waals surface area contributed by atoms with Crippen LogP contribution in [0.5, 0.6) is 0 Å². The molecule has 0 spiro atoms. The van der Waals surface area contributed by atoms with Gasteiger partial charge in [-0.2, -0.15) is 0 Å². The third kappa shape index (κ3) is 7.01. The molecule has 0 saturated heterocycles. The van der Waals surface area contributed by atoms with E-state index in [4.69, 9.17) is 0 Å². The summed E-state index contributed by atoms with van der Waals surface area (Å²) in [6, 6.07) is 6.23. The molecule has 2 amide bonds. The summed E-state index contributed by atoms with van der Waals surface area (Å²) in [6.45, 7) is 14.1. The first-order valence-electron chi connectivity index (χ1n) is 12.1. The maximum atomic E-state index is 13.2. The molecular formula is C26H35N7O4S. The summed E-state index contributed by atoms with van der Waals surface area (Å²) in [5, 5.41) is 13.6. The maximum Gasteiger partial charge on any atom is 0.273 e. The Bertz CT molecular complexity index is 1470. The van der Waals surface area contributed by atoms with Crippen molar-refractivity contribution in [3.8, 4) is 5.69 Å². The smallest absolute Gasteiger partial charge is 0.273 e. The summed E-state index contributed by atoms with van der Waals surface area (Å²) in [5.74, 6) is -0.839. The van der Waals surface area contributed by atoms with Crippen LogP contribution in [0.4, 0.5) is 5.69 Å². The van der Waals surface area contributed by atoms with Gasteiger partial charge in [-0.05, 0) is 54.6 Å². The molecule has 0 saturated carbocycles. The summed E-state index contributed by atoms with van der Waals surface area (Å²) in [7, 11) is -2.45. The van der Waals surface area contributed by atoms with Gasteiger partial charge in [-0.25, -0.2) is 17.8 Å². The number of benzene rings is 1. The lowest BCUT2D eigenvalue weighted by molar-refractivity contribution is 0.0933. The zero-order chi connectivity index (χ0) is 28.5. The van der Waals surface area contributed by atoms with Crippen LogP contribution in [0.25, 0.3) is 5.69 Å². The van der Waals surface area contributed by atoms with Crippen molar-refractivity contribution < 1.29 is 18.0 Å². The average Bonchev–Trinajstić information content (AvgIpc) is 3.32. The van der Waals surface area contributed by atoms with Gasteiger partial charge in [-0.15, -0.1) is 5.10 Å². The number of pyridine rings is 1. The van der Waals surface area contributed by atoms with E-state index in [-0.39, 0.29) is 27.5 Å². The van der Waals surface area contributed by atoms with Crippen molar-refractivity contribution in [2.24, 2.45) is 5.41 Å². The van der Waals surface area contributed by atoms with E-state index < -0.39 is 21.3 Å². The molecule has 2 heterocycles. The van der Waals surface area contributed by atoms with E-state index in [0.717, 1.165) is 0 Å². The highest BCUT2D eigenvalue weighted by Gasteiger charge is 2.22. The van der Waals surface area contributed by atoms with Gasteiger partial charge in [0.15, 0.2) is 5.69 Å². The molecular weight excluding hydrogens is 506 g/mol. The van der Waals surface area contributed by atoms with Crippen LogP contribution in [0.3, 0.4) is 0 Å². The number of carbonyl (C=O) groups is 2. The Balaban J connectivity index is 1.89. The van der Waals surface area contributed by atoms with Crippen molar-refractivity contribution in [3.05, 3.63) is 59.2 Å². The quantitative estimate of drug-likeness (QED) is 0.416. The first-order chi connectivity index (χ1) is 17.5. The van der Waals surface area contributed by atoms with Gasteiger partial charge in [0.1, 0.15) is 0 Å². The fourth-order valence-corrected chi connectivity index (χ4v) is 4.18. The van der Waals surface area contributed by atoms with Gasteiger partial charge < -0.3 is 10.6 Å². The molecule has 204 valence electrons. The SMILES string of the molecule is CNS(=O)(=O)c1cc(C(=O)Nc2cnc(C)c(-n3cc(C(=O)NCC(C)(C)C)nn3)c2)cc(C(C)(C)C)c1. The Morgan fingerprint density at radius 1 is 1.00 bits per heavy atom. The largest absolute Gasteiger partial charge is 0.350 e. The number of hydrogen-bond acceptors (Lipinski definition) is 7. The van der Waals surface area contributed by atoms with Crippen molar-refractivity contribution in [2.75, 3.05) is 18.9 Å². The first kappa shape index (κ1) is 28.9. The second-order valence-corrected chi connectivity index (χ2v) is 13.2. The van der Waals surface area contributed by atoms with Gasteiger partial charge in [0.05, 0.1) is 34.4 Å². The second kappa shape index (κ2) is 10.6. The van der Waals surface area contributed by atoms with Crippen molar-refractivity contribution in [1.82, 2.24) is 30.0 Å². The Kier molecular flexibility index (Phi) is 8.08. The van der Waals surface area contributed by atoms with Crippen molar-refractivity contribution in [3.63, 3.8) is 0 Å². The van der Waals surface area contributed by atoms with Crippen molar-refractivity contribution in [2.45, 2.75) is 58.8 Å². The van der Waals surface area contributed by atoms with E-state index >= 15 is 0 Å². The van der Waals surface area contributed by atoms with E-state index in [1.54, 1.807) is 25.1 Å². The molecule has 0 unspecified atom stereocenters. The molecule has 0 radical (unpaired) electrons. The predicted molar refractivity (Wildman–Crippen MR) is 145 cm³/mol. The number of nitrogens with one attached hydrogen (secondary N) is 3. The molecule has 0 aliphatic carbocycles. The van der Waals surface area contributed by atoms with Crippen LogP contribution < -0.4 is 15.4 Å². The lowest BCUT2D eigenvalue weighted by atomic mass is 9.86. The van der Waals surface area contributed by atoms with Gasteiger partial charge in [0.2, 0.25) is 10.0 Å². The number of carbonyl (C=O) groups excluding carboxylic acids is 2. The Morgan fingerprint density at radius 2 is 1.68 bits per heavy atom. The molecule has 0 bridgehead atoms. The molecule has 1 aromatic carbocycles. The second-order valence-electron chi connectivity index (χ2n) is 11.3. The molecule has 0 aliphatic heterocycles. The summed E-state index contributed by atoms with van der Waals surface area (Å²) in [4.78, 5) is 30.0. The fraction of sp³-hybridized carbons (Fsp3) is 0.423. The first-order valence-corrected chi connectivity index (χ1v) is 13.6. The molecule has 0 atom stereocenters. The molecule has 0 aliphatic rings. The van der Waals surface area contributed by atoms with Crippen molar-refractivity contribution in [1.29, 1.82) is 0 Å². The predicted octanol–water partition coefficient (Wildman–Crippen LogP) is 3.20. The molecule has 11 nitrogen and oxygen atoms in total. The average molecular weight is 542 g/mol. The fourth-order valence-electron chi connectivity index (χ4n) is 3.38. The minimum Gasteiger partial charge on any atom is -0.350 e. The molecule has 12 heteroatoms. The molecule has 2 aromatic heterocycles. The van der Waals surface area contributed by atoms with Gasteiger partial charge >= 0.3 is 0 Å². The highest BCUT2D eigenvalue weighted by Crippen LogP contribution is 2.27. The van der Waals surface area contributed by atoms with E-state index in [1.165, 1.54) is 30.2 Å². The lowest BCUT2D eigenvalue weighted by Crippen LogP contribution is -2.32. The Labute approximate surface area is 223 Å². The zero-order valence-electron chi connectivity index (χ0n) is 23.0. The van der Waals surface area contributed by atoms with Crippen LogP contribution in [0.15, 0.2) is 41.6 Å². The maximum absolute atomic E-state index is 13.2. The topological polar surface area (TPSA) is 148 Å². The standard InChI is InChI=1S/C26H35N7O4S/c1-16-22(33-14-21(31-32-33)24(35)29-15-25(2,3)4)12-19(13-28-16)30-23(34)17-9-18(26(5,6)7)11-20(10-17)38(36,37)27-8/h9-14,27H,15H2,1-8H3,(H,29,35)(H,30,34). The summed E-state index contributed by atoms with van der Waals surface area (Å²) >= 11 is 0. The number of aryl methyl sites for hydroxylation is 1.